The normalized spacial score (nSPS) is 12.9. The lowest BCUT2D eigenvalue weighted by Gasteiger charge is -2.19. The van der Waals surface area contributed by atoms with E-state index in [1.54, 1.807) is 6.92 Å². The van der Waals surface area contributed by atoms with Gasteiger partial charge in [-0.05, 0) is 18.1 Å². The molecule has 0 bridgehead atoms. The monoisotopic (exact) mass is 326 g/mol. The second-order valence-electron chi connectivity index (χ2n) is 5.58. The fourth-order valence-electron chi connectivity index (χ4n) is 2.29. The molecule has 2 aromatic carbocycles. The van der Waals surface area contributed by atoms with Crippen molar-refractivity contribution in [3.8, 4) is 0 Å². The molecular weight excluding hydrogens is 304 g/mol. The van der Waals surface area contributed by atoms with Gasteiger partial charge in [-0.3, -0.25) is 9.59 Å². The highest BCUT2D eigenvalue weighted by molar-refractivity contribution is 5.90. The minimum absolute atomic E-state index is 0.296. The smallest absolute Gasteiger partial charge is 0.245 e. The van der Waals surface area contributed by atoms with E-state index in [0.29, 0.717) is 6.54 Å². The molecule has 0 spiro atoms. The summed E-state index contributed by atoms with van der Waals surface area (Å²) in [6, 6.07) is 17.8. The molecule has 0 fully saturated rings. The molecular formula is C19H22N2O3. The van der Waals surface area contributed by atoms with Crippen molar-refractivity contribution in [2.75, 3.05) is 6.61 Å². The molecule has 3 N–H and O–H groups in total. The Balaban J connectivity index is 1.90. The van der Waals surface area contributed by atoms with E-state index in [9.17, 15) is 14.7 Å². The highest BCUT2D eigenvalue weighted by Crippen LogP contribution is 2.14. The van der Waals surface area contributed by atoms with Gasteiger partial charge in [-0.1, -0.05) is 60.7 Å². The van der Waals surface area contributed by atoms with Gasteiger partial charge in [0.15, 0.2) is 0 Å². The molecule has 0 saturated heterocycles. The Morgan fingerprint density at radius 2 is 1.54 bits per heavy atom. The maximum absolute atomic E-state index is 12.3. The molecule has 0 aliphatic rings. The van der Waals surface area contributed by atoms with Crippen LogP contribution in [0.4, 0.5) is 0 Å². The van der Waals surface area contributed by atoms with Crippen molar-refractivity contribution in [2.45, 2.75) is 25.4 Å². The number of amides is 2. The third-order valence-electron chi connectivity index (χ3n) is 3.82. The fraction of sp³-hybridized carbons (Fsp3) is 0.263. The van der Waals surface area contributed by atoms with Crippen LogP contribution in [0.2, 0.25) is 0 Å². The number of benzene rings is 2. The number of rotatable bonds is 7. The summed E-state index contributed by atoms with van der Waals surface area (Å²) in [6.45, 7) is 1.66. The van der Waals surface area contributed by atoms with Crippen LogP contribution in [0.3, 0.4) is 0 Å². The predicted molar refractivity (Wildman–Crippen MR) is 92.2 cm³/mol. The van der Waals surface area contributed by atoms with Crippen LogP contribution in [-0.2, 0) is 16.1 Å². The van der Waals surface area contributed by atoms with Gasteiger partial charge in [-0.2, -0.15) is 0 Å². The average Bonchev–Trinajstić information content (AvgIpc) is 2.64. The summed E-state index contributed by atoms with van der Waals surface area (Å²) in [5.74, 6) is -1.10. The highest BCUT2D eigenvalue weighted by atomic mass is 16.3. The number of hydrogen-bond acceptors (Lipinski definition) is 3. The molecule has 126 valence electrons. The zero-order valence-corrected chi connectivity index (χ0v) is 13.6. The second-order valence-corrected chi connectivity index (χ2v) is 5.58. The summed E-state index contributed by atoms with van der Waals surface area (Å²) in [6.07, 6.45) is 0. The Morgan fingerprint density at radius 1 is 0.958 bits per heavy atom. The van der Waals surface area contributed by atoms with Gasteiger partial charge < -0.3 is 15.7 Å². The summed E-state index contributed by atoms with van der Waals surface area (Å²) in [5.41, 5.74) is 1.81. The van der Waals surface area contributed by atoms with Crippen LogP contribution >= 0.6 is 0 Å². The van der Waals surface area contributed by atoms with Gasteiger partial charge in [-0.15, -0.1) is 0 Å². The first-order chi connectivity index (χ1) is 11.6. The molecule has 0 aliphatic carbocycles. The Labute approximate surface area is 141 Å². The van der Waals surface area contributed by atoms with Crippen LogP contribution in [0.25, 0.3) is 0 Å². The Morgan fingerprint density at radius 3 is 2.12 bits per heavy atom. The van der Waals surface area contributed by atoms with E-state index in [0.717, 1.165) is 11.1 Å². The number of carbonyl (C=O) groups is 2. The molecule has 24 heavy (non-hydrogen) atoms. The van der Waals surface area contributed by atoms with E-state index in [1.165, 1.54) is 0 Å². The molecule has 0 aromatic heterocycles. The van der Waals surface area contributed by atoms with Gasteiger partial charge in [0.1, 0.15) is 6.04 Å². The Kier molecular flexibility index (Phi) is 6.51. The quantitative estimate of drug-likeness (QED) is 0.723. The Hall–Kier alpha value is -2.66. The van der Waals surface area contributed by atoms with Crippen molar-refractivity contribution in [3.05, 3.63) is 71.8 Å². The van der Waals surface area contributed by atoms with Crippen LogP contribution in [0.5, 0.6) is 0 Å². The van der Waals surface area contributed by atoms with Crippen molar-refractivity contribution in [3.63, 3.8) is 0 Å². The van der Waals surface area contributed by atoms with Gasteiger partial charge in [0.05, 0.1) is 12.5 Å². The highest BCUT2D eigenvalue weighted by Gasteiger charge is 2.23. The molecule has 2 atom stereocenters. The van der Waals surface area contributed by atoms with Crippen molar-refractivity contribution in [2.24, 2.45) is 0 Å². The third kappa shape index (κ3) is 4.93. The molecule has 0 radical (unpaired) electrons. The summed E-state index contributed by atoms with van der Waals surface area (Å²) in [4.78, 5) is 24.4. The maximum atomic E-state index is 12.3. The van der Waals surface area contributed by atoms with E-state index in [-0.39, 0.29) is 5.91 Å². The molecule has 0 saturated carbocycles. The maximum Gasteiger partial charge on any atom is 0.245 e. The number of aliphatic hydroxyl groups excluding tert-OH is 1. The van der Waals surface area contributed by atoms with Crippen molar-refractivity contribution in [1.82, 2.24) is 10.6 Å². The molecule has 2 amide bonds. The van der Waals surface area contributed by atoms with Crippen molar-refractivity contribution < 1.29 is 14.7 Å². The molecule has 5 heteroatoms. The third-order valence-corrected chi connectivity index (χ3v) is 3.82. The molecule has 5 nitrogen and oxygen atoms in total. The lowest BCUT2D eigenvalue weighted by Crippen LogP contribution is -2.49. The zero-order valence-electron chi connectivity index (χ0n) is 13.6. The molecule has 2 rings (SSSR count). The molecule has 0 aliphatic heterocycles. The number of hydrogen-bond donors (Lipinski definition) is 3. The van der Waals surface area contributed by atoms with Gasteiger partial charge in [-0.25, -0.2) is 0 Å². The van der Waals surface area contributed by atoms with E-state index < -0.39 is 24.5 Å². The minimum Gasteiger partial charge on any atom is -0.394 e. The van der Waals surface area contributed by atoms with Gasteiger partial charge in [0.2, 0.25) is 11.8 Å². The molecule has 2 unspecified atom stereocenters. The van der Waals surface area contributed by atoms with Gasteiger partial charge >= 0.3 is 0 Å². The van der Waals surface area contributed by atoms with E-state index in [1.807, 2.05) is 60.7 Å². The summed E-state index contributed by atoms with van der Waals surface area (Å²) in [7, 11) is 0. The lowest BCUT2D eigenvalue weighted by atomic mass is 10.00. The number of nitrogens with one attached hydrogen (secondary N) is 2. The number of carbonyl (C=O) groups excluding carboxylic acids is 2. The first kappa shape index (κ1) is 17.7. The summed E-state index contributed by atoms with van der Waals surface area (Å²) >= 11 is 0. The van der Waals surface area contributed by atoms with Crippen LogP contribution in [0, 0.1) is 0 Å². The summed E-state index contributed by atoms with van der Waals surface area (Å²) < 4.78 is 0. The number of aliphatic hydroxyl groups is 1. The van der Waals surface area contributed by atoms with Gasteiger partial charge in [0.25, 0.3) is 0 Å². The first-order valence-corrected chi connectivity index (χ1v) is 7.89. The fourth-order valence-corrected chi connectivity index (χ4v) is 2.29. The largest absolute Gasteiger partial charge is 0.394 e. The van der Waals surface area contributed by atoms with Crippen LogP contribution < -0.4 is 10.6 Å². The van der Waals surface area contributed by atoms with E-state index >= 15 is 0 Å². The Bertz CT molecular complexity index is 659. The van der Waals surface area contributed by atoms with Crippen molar-refractivity contribution >= 4 is 11.8 Å². The lowest BCUT2D eigenvalue weighted by molar-refractivity contribution is -0.130. The molecule has 0 heterocycles. The second kappa shape index (κ2) is 8.84. The van der Waals surface area contributed by atoms with E-state index in [4.69, 9.17) is 0 Å². The first-order valence-electron chi connectivity index (χ1n) is 7.89. The summed E-state index contributed by atoms with van der Waals surface area (Å²) in [5, 5.41) is 14.7. The van der Waals surface area contributed by atoms with E-state index in [2.05, 4.69) is 10.6 Å². The molecule has 2 aromatic rings. The zero-order chi connectivity index (χ0) is 17.4. The minimum atomic E-state index is -0.965. The van der Waals surface area contributed by atoms with Crippen LogP contribution in [-0.4, -0.2) is 29.6 Å². The average molecular weight is 326 g/mol. The van der Waals surface area contributed by atoms with Crippen LogP contribution in [0.15, 0.2) is 60.7 Å². The predicted octanol–water partition coefficient (Wildman–Crippen LogP) is 1.58. The van der Waals surface area contributed by atoms with Gasteiger partial charge in [0, 0.05) is 6.54 Å². The van der Waals surface area contributed by atoms with Crippen LogP contribution in [0.1, 0.15) is 24.0 Å². The van der Waals surface area contributed by atoms with Crippen molar-refractivity contribution in [1.29, 1.82) is 0 Å². The standard InChI is InChI=1S/C19H22N2O3/c1-14(16-10-6-3-7-11-16)18(23)21-17(13-22)19(24)20-12-15-8-4-2-5-9-15/h2-11,14,17,22H,12-13H2,1H3,(H,20,24)(H,21,23). The SMILES string of the molecule is CC(C(=O)NC(CO)C(=O)NCc1ccccc1)c1ccccc1. The topological polar surface area (TPSA) is 78.4 Å².